The highest BCUT2D eigenvalue weighted by atomic mass is 31.2. The predicted molar refractivity (Wildman–Crippen MR) is 129 cm³/mol. The molecule has 4 atom stereocenters. The quantitative estimate of drug-likeness (QED) is 0.532. The molecule has 0 amide bonds. The van der Waals surface area contributed by atoms with E-state index in [1.54, 1.807) is 52.6 Å². The van der Waals surface area contributed by atoms with Crippen LogP contribution >= 0.6 is 7.82 Å². The van der Waals surface area contributed by atoms with Crippen LogP contribution in [0.2, 0.25) is 0 Å². The Labute approximate surface area is 219 Å². The van der Waals surface area contributed by atoms with Gasteiger partial charge in [0, 0.05) is 12.0 Å². The van der Waals surface area contributed by atoms with E-state index < -0.39 is 79.3 Å². The van der Waals surface area contributed by atoms with Crippen LogP contribution in [0.25, 0.3) is 0 Å². The zero-order chi connectivity index (χ0) is 30.2. The number of phosphoric ester groups is 1. The average molecular weight is 564 g/mol. The molecular weight excluding hydrogens is 532 g/mol. The van der Waals surface area contributed by atoms with Crippen LogP contribution in [0.3, 0.4) is 0 Å². The van der Waals surface area contributed by atoms with Gasteiger partial charge in [0.15, 0.2) is 6.23 Å². The summed E-state index contributed by atoms with van der Waals surface area (Å²) in [6, 6.07) is 1.55. The molecule has 4 rings (SSSR count). The van der Waals surface area contributed by atoms with E-state index in [2.05, 4.69) is 0 Å². The second-order valence-electron chi connectivity index (χ2n) is 11.3. The Morgan fingerprint density at radius 2 is 1.87 bits per heavy atom. The van der Waals surface area contributed by atoms with E-state index in [1.165, 1.54) is 0 Å². The first-order valence-corrected chi connectivity index (χ1v) is 13.1. The summed E-state index contributed by atoms with van der Waals surface area (Å²) in [7, 11) is -4.99. The van der Waals surface area contributed by atoms with Gasteiger partial charge >= 0.3 is 13.5 Å². The van der Waals surface area contributed by atoms with E-state index in [0.717, 1.165) is 0 Å². The van der Waals surface area contributed by atoms with Crippen molar-refractivity contribution in [2.45, 2.75) is 83.6 Å². The average Bonchev–Trinajstić information content (AvgIpc) is 3.09. The molecule has 2 aliphatic rings. The van der Waals surface area contributed by atoms with Crippen LogP contribution in [0.15, 0.2) is 21.9 Å². The first-order valence-electron chi connectivity index (χ1n) is 12.7. The molecule has 1 saturated heterocycles. The Morgan fingerprint density at radius 1 is 1.24 bits per heavy atom. The number of aromatic amines is 1. The molecule has 0 saturated carbocycles. The van der Waals surface area contributed by atoms with Crippen molar-refractivity contribution in [3.63, 3.8) is 0 Å². The molecule has 2 aliphatic heterocycles. The number of phosphoric acid groups is 1. The van der Waals surface area contributed by atoms with Crippen LogP contribution in [0.4, 0.5) is 13.2 Å². The van der Waals surface area contributed by atoms with Crippen molar-refractivity contribution in [3.05, 3.63) is 61.4 Å². The summed E-state index contributed by atoms with van der Waals surface area (Å²) in [5, 5.41) is 10.3. The number of hydrogen-bond donors (Lipinski definition) is 2. The molecule has 1 unspecified atom stereocenters. The van der Waals surface area contributed by atoms with Gasteiger partial charge in [0.1, 0.15) is 24.2 Å². The van der Waals surface area contributed by atoms with Gasteiger partial charge in [-0.25, -0.2) is 18.1 Å². The lowest BCUT2D eigenvalue weighted by Gasteiger charge is -2.34. The molecule has 10 nitrogen and oxygen atoms in total. The van der Waals surface area contributed by atoms with Crippen LogP contribution in [0.1, 0.15) is 73.6 Å². The number of halogens is 3. The van der Waals surface area contributed by atoms with E-state index in [4.69, 9.17) is 21.0 Å². The molecule has 1 aromatic heterocycles. The number of fused-ring (bicyclic) bond motifs is 1. The summed E-state index contributed by atoms with van der Waals surface area (Å²) in [5.74, 6) is -5.89. The third-order valence-electron chi connectivity index (χ3n) is 6.11. The molecule has 1 fully saturated rings. The minimum atomic E-state index is -4.99. The van der Waals surface area contributed by atoms with E-state index in [-0.39, 0.29) is 11.3 Å². The predicted octanol–water partition coefficient (Wildman–Crippen LogP) is 4.09. The fraction of sp³-hybridized carbons (Fsp3) is 0.583. The van der Waals surface area contributed by atoms with Crippen LogP contribution in [-0.2, 0) is 35.8 Å². The van der Waals surface area contributed by atoms with E-state index >= 15 is 8.78 Å². The first-order chi connectivity index (χ1) is 18.1. The summed E-state index contributed by atoms with van der Waals surface area (Å²) in [6.07, 6.45) is -4.72. The Balaban J connectivity index is 1.67. The lowest BCUT2D eigenvalue weighted by molar-refractivity contribution is -0.179. The maximum absolute atomic E-state index is 15.9. The van der Waals surface area contributed by atoms with Crippen LogP contribution in [0, 0.1) is 11.6 Å². The van der Waals surface area contributed by atoms with Crippen molar-refractivity contribution in [2.75, 3.05) is 6.56 Å². The van der Waals surface area contributed by atoms with E-state index in [0.29, 0.717) is 21.9 Å². The molecule has 0 aliphatic carbocycles. The molecule has 38 heavy (non-hydrogen) atoms. The lowest BCUT2D eigenvalue weighted by Crippen LogP contribution is -2.37. The third kappa shape index (κ3) is 5.35. The number of benzene rings is 1. The Hall–Kier alpha value is -2.44. The second kappa shape index (κ2) is 9.34. The van der Waals surface area contributed by atoms with Crippen molar-refractivity contribution in [1.29, 1.82) is 0 Å². The molecule has 14 heteroatoms. The first kappa shape index (κ1) is 25.8. The minimum Gasteiger partial charge on any atom is -0.403 e. The SMILES string of the molecule is [2H]C([2H])(OP1(=O)OCc2c(F)c(C(C)(C)C)cc(C(C)(C)C)c2O1)[C@]1(F)C[C@@H](O)[C@H](n2cc(F)c(=O)[nH]c2=O)O1. The molecule has 210 valence electrons. The van der Waals surface area contributed by atoms with Gasteiger partial charge < -0.3 is 14.4 Å². The maximum atomic E-state index is 15.9. The Kier molecular flexibility index (Phi) is 6.34. The third-order valence-corrected chi connectivity index (χ3v) is 7.28. The number of ether oxygens (including phenoxy) is 1. The van der Waals surface area contributed by atoms with E-state index in [1.807, 2.05) is 0 Å². The largest absolute Gasteiger partial charge is 0.530 e. The van der Waals surface area contributed by atoms with Gasteiger partial charge in [0.25, 0.3) is 5.56 Å². The zero-order valence-corrected chi connectivity index (χ0v) is 22.5. The molecule has 0 radical (unpaired) electrons. The molecule has 1 aromatic carbocycles. The topological polar surface area (TPSA) is 129 Å². The van der Waals surface area contributed by atoms with Crippen molar-refractivity contribution in [3.8, 4) is 5.75 Å². The number of H-pyrrole nitrogens is 1. The summed E-state index contributed by atoms with van der Waals surface area (Å²) in [4.78, 5) is 25.0. The highest BCUT2D eigenvalue weighted by Crippen LogP contribution is 2.58. The van der Waals surface area contributed by atoms with Gasteiger partial charge in [-0.15, -0.1) is 0 Å². The minimum absolute atomic E-state index is 0.0741. The van der Waals surface area contributed by atoms with Crippen LogP contribution in [0.5, 0.6) is 5.75 Å². The molecule has 3 heterocycles. The highest BCUT2D eigenvalue weighted by molar-refractivity contribution is 7.49. The van der Waals surface area contributed by atoms with Gasteiger partial charge in [-0.3, -0.25) is 23.4 Å². The van der Waals surface area contributed by atoms with Crippen molar-refractivity contribution >= 4 is 7.82 Å². The molecule has 0 bridgehead atoms. The number of aromatic nitrogens is 2. The number of aliphatic hydroxyl groups is 1. The number of nitrogens with one attached hydrogen (secondary N) is 1. The number of rotatable bonds is 4. The zero-order valence-electron chi connectivity index (χ0n) is 23.6. The van der Waals surface area contributed by atoms with Gasteiger partial charge in [-0.05, 0) is 22.5 Å². The fourth-order valence-electron chi connectivity index (χ4n) is 4.13. The van der Waals surface area contributed by atoms with Crippen LogP contribution in [-0.4, -0.2) is 33.2 Å². The molecule has 2 N–H and O–H groups in total. The molecule has 0 spiro atoms. The second-order valence-corrected chi connectivity index (χ2v) is 12.8. The fourth-order valence-corrected chi connectivity index (χ4v) is 5.24. The summed E-state index contributed by atoms with van der Waals surface area (Å²) in [6.45, 7) is 6.49. The number of hydrogen-bond acceptors (Lipinski definition) is 8. The normalized spacial score (nSPS) is 28.9. The monoisotopic (exact) mass is 564 g/mol. The van der Waals surface area contributed by atoms with Gasteiger partial charge in [-0.2, -0.15) is 4.39 Å². The Bertz CT molecular complexity index is 1520. The summed E-state index contributed by atoms with van der Waals surface area (Å²) in [5.41, 5.74) is -3.25. The number of nitrogens with zero attached hydrogens (tertiary/aromatic N) is 1. The molecular formula is C24H30F3N2O8P. The standard InChI is InChI=1S/C24H30F3N2O8P/c1-22(2,3)13-7-14(23(4,5)6)18-12(17(13)26)10-34-38(33,37-18)35-11-24(27)8-16(30)20(36-24)29-9-15(25)19(31)28-21(29)32/h7,9,16,20,30H,8,10-11H2,1-6H3,(H,28,31,32)/t16-,20-,24+,38?/m1/s1/i11D2. The van der Waals surface area contributed by atoms with Crippen molar-refractivity contribution in [2.24, 2.45) is 0 Å². The smallest absolute Gasteiger partial charge is 0.403 e. The van der Waals surface area contributed by atoms with E-state index in [9.17, 15) is 23.7 Å². The van der Waals surface area contributed by atoms with Crippen LogP contribution < -0.4 is 15.8 Å². The lowest BCUT2D eigenvalue weighted by atomic mass is 9.78. The van der Waals surface area contributed by atoms with Gasteiger partial charge in [0.05, 0.1) is 21.1 Å². The maximum Gasteiger partial charge on any atom is 0.530 e. The number of aliphatic hydroxyl groups excluding tert-OH is 1. The Morgan fingerprint density at radius 3 is 2.47 bits per heavy atom. The summed E-state index contributed by atoms with van der Waals surface area (Å²) < 4.78 is 95.8. The summed E-state index contributed by atoms with van der Waals surface area (Å²) >= 11 is 0. The van der Waals surface area contributed by atoms with Gasteiger partial charge in [-0.1, -0.05) is 41.5 Å². The van der Waals surface area contributed by atoms with Crippen molar-refractivity contribution < 1.29 is 43.9 Å². The van der Waals surface area contributed by atoms with Gasteiger partial charge in [0.2, 0.25) is 11.7 Å². The highest BCUT2D eigenvalue weighted by Gasteiger charge is 2.51. The number of alkyl halides is 1. The van der Waals surface area contributed by atoms with Crippen molar-refractivity contribution in [1.82, 2.24) is 9.55 Å². The molecule has 2 aromatic rings.